The topological polar surface area (TPSA) is 66.8 Å². The van der Waals surface area contributed by atoms with Gasteiger partial charge in [0, 0.05) is 12.7 Å². The number of aldehydes is 1. The maximum Gasteiger partial charge on any atom is 0.181 e. The lowest BCUT2D eigenvalue weighted by atomic mass is 10.0. The Kier molecular flexibility index (Phi) is 3.22. The minimum Gasteiger partial charge on any atom is -0.507 e. The Balaban J connectivity index is 3.23. The largest absolute Gasteiger partial charge is 0.507 e. The van der Waals surface area contributed by atoms with E-state index >= 15 is 0 Å². The van der Waals surface area contributed by atoms with Crippen molar-refractivity contribution in [2.45, 2.75) is 13.2 Å². The Labute approximate surface area is 81.8 Å². The van der Waals surface area contributed by atoms with Crippen molar-refractivity contribution in [3.05, 3.63) is 28.8 Å². The molecular formula is C10H12O4. The molecule has 4 heteroatoms. The van der Waals surface area contributed by atoms with Crippen LogP contribution in [0.3, 0.4) is 0 Å². The fraction of sp³-hybridized carbons (Fsp3) is 0.300. The van der Waals surface area contributed by atoms with Crippen molar-refractivity contribution in [2.24, 2.45) is 0 Å². The first-order valence-electron chi connectivity index (χ1n) is 4.09. The summed E-state index contributed by atoms with van der Waals surface area (Å²) in [7, 11) is 1.36. The zero-order valence-electron chi connectivity index (χ0n) is 8.02. The van der Waals surface area contributed by atoms with E-state index in [-0.39, 0.29) is 11.3 Å². The van der Waals surface area contributed by atoms with Crippen molar-refractivity contribution >= 4 is 6.29 Å². The number of ether oxygens (including phenoxy) is 1. The maximum absolute atomic E-state index is 10.5. The lowest BCUT2D eigenvalue weighted by molar-refractivity contribution is -0.0773. The molecule has 14 heavy (non-hydrogen) atoms. The fourth-order valence-electron chi connectivity index (χ4n) is 1.21. The normalized spacial score (nSPS) is 12.5. The summed E-state index contributed by atoms with van der Waals surface area (Å²) in [6.07, 6.45) is -0.546. The van der Waals surface area contributed by atoms with Crippen LogP contribution < -0.4 is 0 Å². The monoisotopic (exact) mass is 196 g/mol. The number of hydrogen-bond donors (Lipinski definition) is 2. The smallest absolute Gasteiger partial charge is 0.181 e. The molecule has 1 rings (SSSR count). The summed E-state index contributed by atoms with van der Waals surface area (Å²) in [4.78, 5) is 10.5. The molecule has 0 amide bonds. The second kappa shape index (κ2) is 4.21. The molecule has 0 aromatic heterocycles. The van der Waals surface area contributed by atoms with Gasteiger partial charge < -0.3 is 14.9 Å². The standard InChI is InChI=1S/C10H12O4/c1-6-3-9(12)7(5-11)4-8(6)10(13)14-2/h3-5,10,12-13H,1-2H3. The zero-order valence-corrected chi connectivity index (χ0v) is 8.02. The van der Waals surface area contributed by atoms with E-state index in [4.69, 9.17) is 4.74 Å². The molecule has 76 valence electrons. The summed E-state index contributed by atoms with van der Waals surface area (Å²) in [5, 5.41) is 18.7. The van der Waals surface area contributed by atoms with Gasteiger partial charge in [0.05, 0.1) is 5.56 Å². The van der Waals surface area contributed by atoms with Gasteiger partial charge in [-0.25, -0.2) is 0 Å². The highest BCUT2D eigenvalue weighted by Gasteiger charge is 2.12. The van der Waals surface area contributed by atoms with Crippen LogP contribution in [-0.2, 0) is 4.74 Å². The Bertz CT molecular complexity index is 346. The number of rotatable bonds is 3. The molecule has 0 saturated heterocycles. The van der Waals surface area contributed by atoms with Crippen LogP contribution in [0.15, 0.2) is 12.1 Å². The number of benzene rings is 1. The van der Waals surface area contributed by atoms with Crippen molar-refractivity contribution in [1.82, 2.24) is 0 Å². The molecule has 0 aliphatic carbocycles. The van der Waals surface area contributed by atoms with Crippen molar-refractivity contribution < 1.29 is 19.7 Å². The molecule has 1 unspecified atom stereocenters. The van der Waals surface area contributed by atoms with Crippen LogP contribution >= 0.6 is 0 Å². The number of aromatic hydroxyl groups is 1. The van der Waals surface area contributed by atoms with E-state index in [1.54, 1.807) is 6.92 Å². The van der Waals surface area contributed by atoms with E-state index in [1.165, 1.54) is 19.2 Å². The van der Waals surface area contributed by atoms with Gasteiger partial charge in [0.1, 0.15) is 5.75 Å². The van der Waals surface area contributed by atoms with E-state index in [0.29, 0.717) is 17.4 Å². The highest BCUT2D eigenvalue weighted by atomic mass is 16.6. The second-order valence-electron chi connectivity index (χ2n) is 2.97. The van der Waals surface area contributed by atoms with Gasteiger partial charge in [-0.3, -0.25) is 4.79 Å². The highest BCUT2D eigenvalue weighted by Crippen LogP contribution is 2.25. The quantitative estimate of drug-likeness (QED) is 0.562. The first kappa shape index (κ1) is 10.7. The van der Waals surface area contributed by atoms with Crippen LogP contribution in [0.4, 0.5) is 0 Å². The highest BCUT2D eigenvalue weighted by molar-refractivity contribution is 5.79. The van der Waals surface area contributed by atoms with Crippen LogP contribution in [0.25, 0.3) is 0 Å². The Hall–Kier alpha value is -1.39. The number of aryl methyl sites for hydroxylation is 1. The van der Waals surface area contributed by atoms with Gasteiger partial charge in [0.25, 0.3) is 0 Å². The fourth-order valence-corrected chi connectivity index (χ4v) is 1.21. The molecule has 0 heterocycles. The van der Waals surface area contributed by atoms with Gasteiger partial charge in [0.15, 0.2) is 12.6 Å². The Morgan fingerprint density at radius 3 is 2.64 bits per heavy atom. The van der Waals surface area contributed by atoms with Gasteiger partial charge in [-0.15, -0.1) is 0 Å². The zero-order chi connectivity index (χ0) is 10.7. The summed E-state index contributed by atoms with van der Waals surface area (Å²) in [5.74, 6) is -0.0930. The van der Waals surface area contributed by atoms with Gasteiger partial charge >= 0.3 is 0 Å². The molecule has 1 aromatic carbocycles. The number of carbonyl (C=O) groups excluding carboxylic acids is 1. The second-order valence-corrected chi connectivity index (χ2v) is 2.97. The van der Waals surface area contributed by atoms with Crippen LogP contribution in [0, 0.1) is 6.92 Å². The van der Waals surface area contributed by atoms with Gasteiger partial charge in [-0.1, -0.05) is 0 Å². The molecule has 1 aromatic rings. The molecular weight excluding hydrogens is 184 g/mol. The number of carbonyl (C=O) groups is 1. The van der Waals surface area contributed by atoms with Crippen LogP contribution in [0.2, 0.25) is 0 Å². The first-order valence-corrected chi connectivity index (χ1v) is 4.09. The molecule has 1 atom stereocenters. The molecule has 0 spiro atoms. The Morgan fingerprint density at radius 2 is 2.14 bits per heavy atom. The third-order valence-corrected chi connectivity index (χ3v) is 2.03. The lowest BCUT2D eigenvalue weighted by Crippen LogP contribution is -2.03. The summed E-state index contributed by atoms with van der Waals surface area (Å²) >= 11 is 0. The van der Waals surface area contributed by atoms with Gasteiger partial charge in [-0.05, 0) is 24.6 Å². The van der Waals surface area contributed by atoms with Crippen molar-refractivity contribution in [3.8, 4) is 5.75 Å². The predicted octanol–water partition coefficient (Wildman–Crippen LogP) is 1.15. The van der Waals surface area contributed by atoms with E-state index in [1.807, 2.05) is 0 Å². The molecule has 0 bridgehead atoms. The number of aliphatic hydroxyl groups is 1. The molecule has 2 N–H and O–H groups in total. The number of methoxy groups -OCH3 is 1. The SMILES string of the molecule is COC(O)c1cc(C=O)c(O)cc1C. The van der Waals surface area contributed by atoms with Crippen molar-refractivity contribution in [3.63, 3.8) is 0 Å². The average molecular weight is 196 g/mol. The molecule has 0 radical (unpaired) electrons. The van der Waals surface area contributed by atoms with Gasteiger partial charge in [0.2, 0.25) is 0 Å². The number of aliphatic hydroxyl groups excluding tert-OH is 1. The number of phenolic OH excluding ortho intramolecular Hbond substituents is 1. The minimum atomic E-state index is -1.07. The number of hydrogen-bond acceptors (Lipinski definition) is 4. The molecule has 0 aliphatic rings. The minimum absolute atomic E-state index is 0.0930. The number of phenols is 1. The summed E-state index contributed by atoms with van der Waals surface area (Å²) in [6.45, 7) is 1.71. The summed E-state index contributed by atoms with van der Waals surface area (Å²) in [5.41, 5.74) is 1.29. The van der Waals surface area contributed by atoms with Crippen LogP contribution in [0.5, 0.6) is 5.75 Å². The predicted molar refractivity (Wildman–Crippen MR) is 50.2 cm³/mol. The van der Waals surface area contributed by atoms with Crippen LogP contribution in [0.1, 0.15) is 27.8 Å². The summed E-state index contributed by atoms with van der Waals surface area (Å²) < 4.78 is 4.71. The third kappa shape index (κ3) is 1.92. The lowest BCUT2D eigenvalue weighted by Gasteiger charge is -2.12. The molecule has 0 saturated carbocycles. The molecule has 0 fully saturated rings. The molecule has 4 nitrogen and oxygen atoms in total. The summed E-state index contributed by atoms with van der Waals surface area (Å²) in [6, 6.07) is 2.83. The van der Waals surface area contributed by atoms with Crippen molar-refractivity contribution in [1.29, 1.82) is 0 Å². The van der Waals surface area contributed by atoms with Crippen LogP contribution in [-0.4, -0.2) is 23.6 Å². The maximum atomic E-state index is 10.5. The third-order valence-electron chi connectivity index (χ3n) is 2.03. The average Bonchev–Trinajstić information content (AvgIpc) is 2.17. The Morgan fingerprint density at radius 1 is 1.50 bits per heavy atom. The van der Waals surface area contributed by atoms with Crippen molar-refractivity contribution in [2.75, 3.05) is 7.11 Å². The van der Waals surface area contributed by atoms with E-state index in [0.717, 1.165) is 0 Å². The van der Waals surface area contributed by atoms with Gasteiger partial charge in [-0.2, -0.15) is 0 Å². The first-order chi connectivity index (χ1) is 6.60. The molecule has 0 aliphatic heterocycles. The van der Waals surface area contributed by atoms with E-state index in [9.17, 15) is 15.0 Å². The van der Waals surface area contributed by atoms with E-state index in [2.05, 4.69) is 0 Å². The van der Waals surface area contributed by atoms with E-state index < -0.39 is 6.29 Å².